The number of carbonyl (C=O) groups is 2. The monoisotopic (exact) mass is 373 g/mol. The number of anilines is 1. The highest BCUT2D eigenvalue weighted by atomic mass is 16.6. The van der Waals surface area contributed by atoms with E-state index in [1.807, 2.05) is 11.8 Å². The van der Waals surface area contributed by atoms with Gasteiger partial charge in [0.05, 0.1) is 17.8 Å². The first kappa shape index (κ1) is 18.0. The highest BCUT2D eigenvalue weighted by Gasteiger charge is 2.42. The second-order valence-corrected chi connectivity index (χ2v) is 7.79. The molecule has 2 amide bonds. The van der Waals surface area contributed by atoms with Crippen LogP contribution in [0, 0.1) is 6.92 Å². The lowest BCUT2D eigenvalue weighted by Crippen LogP contribution is -2.37. The Morgan fingerprint density at radius 1 is 1.15 bits per heavy atom. The van der Waals surface area contributed by atoms with Crippen LogP contribution in [0.15, 0.2) is 6.20 Å². The Labute approximate surface area is 159 Å². The molecule has 3 saturated heterocycles. The van der Waals surface area contributed by atoms with Gasteiger partial charge in [0, 0.05) is 38.8 Å². The predicted molar refractivity (Wildman–Crippen MR) is 99.8 cm³/mol. The van der Waals surface area contributed by atoms with Crippen LogP contribution in [-0.2, 0) is 4.74 Å². The third-order valence-electron chi connectivity index (χ3n) is 5.88. The van der Waals surface area contributed by atoms with E-state index >= 15 is 0 Å². The zero-order chi connectivity index (χ0) is 18.9. The van der Waals surface area contributed by atoms with Crippen LogP contribution in [0.2, 0.25) is 0 Å². The Morgan fingerprint density at radius 3 is 2.67 bits per heavy atom. The van der Waals surface area contributed by atoms with Crippen LogP contribution in [0.25, 0.3) is 0 Å². The third kappa shape index (κ3) is 3.70. The Bertz CT molecular complexity index is 734. The second-order valence-electron chi connectivity index (χ2n) is 7.79. The smallest absolute Gasteiger partial charge is 0.407 e. The molecule has 1 aromatic rings. The van der Waals surface area contributed by atoms with Gasteiger partial charge in [0.2, 0.25) is 5.95 Å². The highest BCUT2D eigenvalue weighted by Crippen LogP contribution is 2.30. The minimum absolute atomic E-state index is 0.0352. The topological polar surface area (TPSA) is 87.7 Å². The molecule has 3 aliphatic heterocycles. The molecular weight excluding hydrogens is 346 g/mol. The number of rotatable bonds is 2. The fourth-order valence-electron chi connectivity index (χ4n) is 4.23. The fraction of sp³-hybridized carbons (Fsp3) is 0.684. The number of alkyl carbamates (subject to hydrolysis) is 1. The van der Waals surface area contributed by atoms with Gasteiger partial charge in [-0.2, -0.15) is 0 Å². The summed E-state index contributed by atoms with van der Waals surface area (Å²) in [7, 11) is 0. The lowest BCUT2D eigenvalue weighted by molar-refractivity contribution is 0.0438. The number of amides is 2. The number of nitrogens with zero attached hydrogens (tertiary/aromatic N) is 4. The summed E-state index contributed by atoms with van der Waals surface area (Å²) in [5.74, 6) is 0.689. The van der Waals surface area contributed by atoms with E-state index in [9.17, 15) is 9.59 Å². The summed E-state index contributed by atoms with van der Waals surface area (Å²) in [4.78, 5) is 37.6. The Balaban J connectivity index is 1.45. The van der Waals surface area contributed by atoms with E-state index in [4.69, 9.17) is 4.74 Å². The number of piperidine rings is 1. The predicted octanol–water partition coefficient (Wildman–Crippen LogP) is 1.88. The summed E-state index contributed by atoms with van der Waals surface area (Å²) in [5, 5.41) is 2.74. The number of aryl methyl sites for hydroxylation is 1. The van der Waals surface area contributed by atoms with E-state index in [0.717, 1.165) is 50.4 Å². The number of carbonyl (C=O) groups excluding carboxylic acids is 2. The average molecular weight is 373 g/mol. The molecule has 0 bridgehead atoms. The van der Waals surface area contributed by atoms with E-state index in [2.05, 4.69) is 20.2 Å². The van der Waals surface area contributed by atoms with Gasteiger partial charge < -0.3 is 19.9 Å². The Hall–Kier alpha value is -2.38. The maximum Gasteiger partial charge on any atom is 0.407 e. The zero-order valence-corrected chi connectivity index (χ0v) is 15.9. The maximum absolute atomic E-state index is 13.0. The van der Waals surface area contributed by atoms with Crippen LogP contribution in [-0.4, -0.2) is 65.2 Å². The van der Waals surface area contributed by atoms with Crippen LogP contribution in [0.3, 0.4) is 0 Å². The molecule has 1 spiro atoms. The van der Waals surface area contributed by atoms with E-state index in [1.54, 1.807) is 6.20 Å². The van der Waals surface area contributed by atoms with Crippen molar-refractivity contribution in [2.45, 2.75) is 51.0 Å². The zero-order valence-electron chi connectivity index (χ0n) is 15.9. The number of hydrogen-bond acceptors (Lipinski definition) is 6. The van der Waals surface area contributed by atoms with Gasteiger partial charge in [0.25, 0.3) is 5.91 Å². The van der Waals surface area contributed by atoms with Crippen molar-refractivity contribution in [3.8, 4) is 0 Å². The van der Waals surface area contributed by atoms with Gasteiger partial charge in [0.1, 0.15) is 5.60 Å². The van der Waals surface area contributed by atoms with Gasteiger partial charge in [-0.15, -0.1) is 0 Å². The molecule has 0 aliphatic carbocycles. The second kappa shape index (κ2) is 7.32. The molecule has 1 aromatic heterocycles. The largest absolute Gasteiger partial charge is 0.441 e. The van der Waals surface area contributed by atoms with Crippen molar-refractivity contribution in [2.75, 3.05) is 37.6 Å². The van der Waals surface area contributed by atoms with E-state index < -0.39 is 5.60 Å². The summed E-state index contributed by atoms with van der Waals surface area (Å²) in [6, 6.07) is 0. The molecule has 4 heterocycles. The first-order valence-corrected chi connectivity index (χ1v) is 9.91. The SMILES string of the molecule is Cc1nc(N2CCCCC2)ncc1C(=O)N1CCCC2(CC1)CNC(=O)O2. The molecule has 146 valence electrons. The quantitative estimate of drug-likeness (QED) is 0.852. The average Bonchev–Trinajstić information content (AvgIpc) is 2.92. The molecule has 3 aliphatic rings. The van der Waals surface area contributed by atoms with Gasteiger partial charge in [-0.05, 0) is 39.0 Å². The standard InChI is InChI=1S/C19H27N5O3/c1-14-15(12-20-17(22-14)24-8-3-2-4-9-24)16(25)23-10-5-6-19(7-11-23)13-21-18(26)27-19/h12H,2-11,13H2,1H3,(H,21,26). The lowest BCUT2D eigenvalue weighted by Gasteiger charge is -2.27. The number of nitrogens with one attached hydrogen (secondary N) is 1. The van der Waals surface area contributed by atoms with Gasteiger partial charge in [0.15, 0.2) is 0 Å². The molecule has 0 radical (unpaired) electrons. The summed E-state index contributed by atoms with van der Waals surface area (Å²) in [5.41, 5.74) is 0.826. The molecular formula is C19H27N5O3. The molecule has 4 rings (SSSR count). The Morgan fingerprint density at radius 2 is 1.96 bits per heavy atom. The van der Waals surface area contributed by atoms with Crippen LogP contribution >= 0.6 is 0 Å². The summed E-state index contributed by atoms with van der Waals surface area (Å²) < 4.78 is 5.49. The molecule has 8 heteroatoms. The van der Waals surface area contributed by atoms with Crippen molar-refractivity contribution in [1.82, 2.24) is 20.2 Å². The minimum atomic E-state index is -0.463. The first-order valence-electron chi connectivity index (χ1n) is 9.91. The number of hydrogen-bond donors (Lipinski definition) is 1. The summed E-state index contributed by atoms with van der Waals surface area (Å²) in [6.45, 7) is 5.60. The third-order valence-corrected chi connectivity index (χ3v) is 5.88. The van der Waals surface area contributed by atoms with Gasteiger partial charge in [-0.3, -0.25) is 4.79 Å². The van der Waals surface area contributed by atoms with Crippen molar-refractivity contribution in [2.24, 2.45) is 0 Å². The van der Waals surface area contributed by atoms with E-state index in [-0.39, 0.29) is 12.0 Å². The molecule has 3 fully saturated rings. The summed E-state index contributed by atoms with van der Waals surface area (Å²) in [6.07, 6.45) is 7.15. The molecule has 27 heavy (non-hydrogen) atoms. The first-order chi connectivity index (χ1) is 13.1. The van der Waals surface area contributed by atoms with Crippen LogP contribution in [0.1, 0.15) is 54.6 Å². The van der Waals surface area contributed by atoms with Crippen molar-refractivity contribution < 1.29 is 14.3 Å². The van der Waals surface area contributed by atoms with Crippen LogP contribution in [0.4, 0.5) is 10.7 Å². The molecule has 1 atom stereocenters. The minimum Gasteiger partial charge on any atom is -0.441 e. The van der Waals surface area contributed by atoms with E-state index in [1.165, 1.54) is 6.42 Å². The van der Waals surface area contributed by atoms with Crippen LogP contribution in [0.5, 0.6) is 0 Å². The normalized spacial score (nSPS) is 25.9. The summed E-state index contributed by atoms with van der Waals surface area (Å²) >= 11 is 0. The van der Waals surface area contributed by atoms with Crippen molar-refractivity contribution in [3.63, 3.8) is 0 Å². The van der Waals surface area contributed by atoms with Crippen molar-refractivity contribution in [3.05, 3.63) is 17.5 Å². The van der Waals surface area contributed by atoms with Crippen LogP contribution < -0.4 is 10.2 Å². The van der Waals surface area contributed by atoms with Gasteiger partial charge >= 0.3 is 6.09 Å². The number of ether oxygens (including phenoxy) is 1. The molecule has 1 unspecified atom stereocenters. The number of likely N-dealkylation sites (tertiary alicyclic amines) is 1. The molecule has 0 saturated carbocycles. The molecule has 0 aromatic carbocycles. The Kier molecular flexibility index (Phi) is 4.88. The maximum atomic E-state index is 13.0. The van der Waals surface area contributed by atoms with Crippen molar-refractivity contribution in [1.29, 1.82) is 0 Å². The molecule has 8 nitrogen and oxygen atoms in total. The number of aromatic nitrogens is 2. The van der Waals surface area contributed by atoms with E-state index in [0.29, 0.717) is 31.6 Å². The van der Waals surface area contributed by atoms with Gasteiger partial charge in [-0.1, -0.05) is 0 Å². The highest BCUT2D eigenvalue weighted by molar-refractivity contribution is 5.95. The van der Waals surface area contributed by atoms with Crippen molar-refractivity contribution >= 4 is 17.9 Å². The van der Waals surface area contributed by atoms with Gasteiger partial charge in [-0.25, -0.2) is 14.8 Å². The fourth-order valence-corrected chi connectivity index (χ4v) is 4.23. The molecule has 1 N–H and O–H groups in total. The lowest BCUT2D eigenvalue weighted by atomic mass is 9.95.